The van der Waals surface area contributed by atoms with Gasteiger partial charge in [-0.05, 0) is 65.9 Å². The largest absolute Gasteiger partial charge is 0.483 e. The summed E-state index contributed by atoms with van der Waals surface area (Å²) < 4.78 is 6.57. The van der Waals surface area contributed by atoms with Crippen molar-refractivity contribution in [1.29, 1.82) is 0 Å². The number of benzene rings is 2. The monoisotopic (exact) mass is 460 g/mol. The Balaban J connectivity index is 2.07. The Kier molecular flexibility index (Phi) is 9.19. The highest BCUT2D eigenvalue weighted by Gasteiger charge is 2.25. The van der Waals surface area contributed by atoms with Crippen LogP contribution in [0.15, 0.2) is 53.0 Å². The quantitative estimate of drug-likeness (QED) is 0.582. The predicted octanol–water partition coefficient (Wildman–Crippen LogP) is 3.99. The summed E-state index contributed by atoms with van der Waals surface area (Å²) in [4.78, 5) is 26.9. The number of nitrogens with zero attached hydrogens (tertiary/aromatic N) is 1. The summed E-state index contributed by atoms with van der Waals surface area (Å²) in [6, 6.07) is 15.2. The Morgan fingerprint density at radius 1 is 1.10 bits per heavy atom. The number of carbonyl (C=O) groups is 2. The molecule has 2 rings (SSSR count). The van der Waals surface area contributed by atoms with E-state index in [4.69, 9.17) is 4.74 Å². The van der Waals surface area contributed by atoms with Gasteiger partial charge in [-0.3, -0.25) is 9.59 Å². The van der Waals surface area contributed by atoms with Crippen LogP contribution in [0.2, 0.25) is 0 Å². The van der Waals surface area contributed by atoms with Gasteiger partial charge in [0.05, 0.1) is 4.47 Å². The summed E-state index contributed by atoms with van der Waals surface area (Å²) in [5.74, 6) is 0.234. The molecule has 2 aromatic carbocycles. The molecule has 6 heteroatoms. The van der Waals surface area contributed by atoms with E-state index in [-0.39, 0.29) is 18.4 Å². The van der Waals surface area contributed by atoms with Crippen LogP contribution in [0.5, 0.6) is 5.75 Å². The van der Waals surface area contributed by atoms with Crippen LogP contribution >= 0.6 is 15.9 Å². The predicted molar refractivity (Wildman–Crippen MR) is 119 cm³/mol. The van der Waals surface area contributed by atoms with Gasteiger partial charge in [0.25, 0.3) is 5.91 Å². The van der Waals surface area contributed by atoms with Crippen molar-refractivity contribution in [3.8, 4) is 5.75 Å². The maximum Gasteiger partial charge on any atom is 0.261 e. The Bertz CT molecular complexity index is 811. The Labute approximate surface area is 181 Å². The van der Waals surface area contributed by atoms with Crippen molar-refractivity contribution in [3.05, 3.63) is 64.1 Å². The molecule has 29 heavy (non-hydrogen) atoms. The SMILES string of the molecule is CCNC(=O)[C@H](C)N(CCc1ccccc1)C(=O)COc1ccc(CC)cc1Br. The summed E-state index contributed by atoms with van der Waals surface area (Å²) in [6.07, 6.45) is 1.60. The highest BCUT2D eigenvalue weighted by Crippen LogP contribution is 2.26. The molecule has 0 heterocycles. The summed E-state index contributed by atoms with van der Waals surface area (Å²) in [5, 5.41) is 2.79. The van der Waals surface area contributed by atoms with E-state index in [1.165, 1.54) is 5.56 Å². The lowest BCUT2D eigenvalue weighted by molar-refractivity contribution is -0.141. The first kappa shape index (κ1) is 22.9. The molecule has 0 aliphatic carbocycles. The Morgan fingerprint density at radius 3 is 2.45 bits per heavy atom. The van der Waals surface area contributed by atoms with Crippen LogP contribution in [0.25, 0.3) is 0 Å². The Hall–Kier alpha value is -2.34. The van der Waals surface area contributed by atoms with Gasteiger partial charge in [0.15, 0.2) is 6.61 Å². The smallest absolute Gasteiger partial charge is 0.261 e. The fraction of sp³-hybridized carbons (Fsp3) is 0.391. The van der Waals surface area contributed by atoms with E-state index in [0.717, 1.165) is 16.5 Å². The van der Waals surface area contributed by atoms with Crippen molar-refractivity contribution in [2.75, 3.05) is 19.7 Å². The average molecular weight is 461 g/mol. The summed E-state index contributed by atoms with van der Waals surface area (Å²) in [5.41, 5.74) is 2.30. The van der Waals surface area contributed by atoms with E-state index >= 15 is 0 Å². The maximum absolute atomic E-state index is 12.9. The first-order chi connectivity index (χ1) is 14.0. The second-order valence-electron chi connectivity index (χ2n) is 6.80. The van der Waals surface area contributed by atoms with Gasteiger partial charge in [0.2, 0.25) is 5.91 Å². The molecule has 1 atom stereocenters. The van der Waals surface area contributed by atoms with Gasteiger partial charge >= 0.3 is 0 Å². The fourth-order valence-electron chi connectivity index (χ4n) is 3.00. The van der Waals surface area contributed by atoms with Gasteiger partial charge in [0.1, 0.15) is 11.8 Å². The topological polar surface area (TPSA) is 58.6 Å². The Morgan fingerprint density at radius 2 is 1.83 bits per heavy atom. The fourth-order valence-corrected chi connectivity index (χ4v) is 3.54. The minimum Gasteiger partial charge on any atom is -0.483 e. The van der Waals surface area contributed by atoms with E-state index < -0.39 is 6.04 Å². The van der Waals surface area contributed by atoms with Crippen LogP contribution in [0.3, 0.4) is 0 Å². The molecule has 1 N–H and O–H groups in total. The second-order valence-corrected chi connectivity index (χ2v) is 7.65. The van der Waals surface area contributed by atoms with E-state index in [9.17, 15) is 9.59 Å². The molecule has 0 bridgehead atoms. The van der Waals surface area contributed by atoms with Gasteiger partial charge < -0.3 is 15.0 Å². The van der Waals surface area contributed by atoms with E-state index in [2.05, 4.69) is 28.2 Å². The number of halogens is 1. The van der Waals surface area contributed by atoms with Crippen LogP contribution < -0.4 is 10.1 Å². The van der Waals surface area contributed by atoms with Crippen molar-refractivity contribution < 1.29 is 14.3 Å². The van der Waals surface area contributed by atoms with Crippen molar-refractivity contribution >= 4 is 27.7 Å². The maximum atomic E-state index is 12.9. The average Bonchev–Trinajstić information content (AvgIpc) is 2.73. The molecule has 0 spiro atoms. The normalized spacial score (nSPS) is 11.6. The third kappa shape index (κ3) is 6.89. The van der Waals surface area contributed by atoms with Crippen LogP contribution in [0, 0.1) is 0 Å². The van der Waals surface area contributed by atoms with E-state index in [1.54, 1.807) is 11.8 Å². The van der Waals surface area contributed by atoms with Crippen molar-refractivity contribution in [3.63, 3.8) is 0 Å². The lowest BCUT2D eigenvalue weighted by Gasteiger charge is -2.28. The summed E-state index contributed by atoms with van der Waals surface area (Å²) in [6.45, 7) is 6.54. The van der Waals surface area contributed by atoms with Crippen LogP contribution in [0.4, 0.5) is 0 Å². The molecule has 0 aromatic heterocycles. The van der Waals surface area contributed by atoms with E-state index in [1.807, 2.05) is 55.5 Å². The zero-order chi connectivity index (χ0) is 21.2. The van der Waals surface area contributed by atoms with Crippen LogP contribution in [0.1, 0.15) is 31.9 Å². The summed E-state index contributed by atoms with van der Waals surface area (Å²) >= 11 is 3.50. The molecule has 0 fully saturated rings. The van der Waals surface area contributed by atoms with E-state index in [0.29, 0.717) is 25.3 Å². The number of carbonyl (C=O) groups excluding carboxylic acids is 2. The minimum atomic E-state index is -0.569. The number of likely N-dealkylation sites (N-methyl/N-ethyl adjacent to an activating group) is 1. The standard InChI is InChI=1S/C23H29BrN2O3/c1-4-18-11-12-21(20(24)15-18)29-16-22(27)26(17(3)23(28)25-5-2)14-13-19-9-7-6-8-10-19/h6-12,15,17H,4-5,13-14,16H2,1-3H3,(H,25,28)/t17-/m0/s1. The van der Waals surface area contributed by atoms with Crippen LogP contribution in [-0.4, -0.2) is 42.5 Å². The van der Waals surface area contributed by atoms with Crippen molar-refractivity contribution in [2.45, 2.75) is 39.7 Å². The molecule has 0 unspecified atom stereocenters. The van der Waals surface area contributed by atoms with Crippen molar-refractivity contribution in [2.24, 2.45) is 0 Å². The number of aryl methyl sites for hydroxylation is 1. The molecular weight excluding hydrogens is 432 g/mol. The molecule has 0 saturated heterocycles. The third-order valence-electron chi connectivity index (χ3n) is 4.76. The highest BCUT2D eigenvalue weighted by atomic mass is 79.9. The first-order valence-electron chi connectivity index (χ1n) is 9.98. The lowest BCUT2D eigenvalue weighted by atomic mass is 10.1. The molecule has 0 radical (unpaired) electrons. The zero-order valence-electron chi connectivity index (χ0n) is 17.3. The van der Waals surface area contributed by atoms with Crippen LogP contribution in [-0.2, 0) is 22.4 Å². The number of amides is 2. The molecule has 156 valence electrons. The summed E-state index contributed by atoms with van der Waals surface area (Å²) in [7, 11) is 0. The van der Waals surface area contributed by atoms with Gasteiger partial charge in [-0.15, -0.1) is 0 Å². The molecule has 0 aliphatic rings. The second kappa shape index (κ2) is 11.6. The minimum absolute atomic E-state index is 0.122. The molecular formula is C23H29BrN2O3. The number of ether oxygens (including phenoxy) is 1. The first-order valence-corrected chi connectivity index (χ1v) is 10.8. The molecule has 2 aromatic rings. The van der Waals surface area contributed by atoms with Gasteiger partial charge in [-0.25, -0.2) is 0 Å². The molecule has 2 amide bonds. The number of hydrogen-bond donors (Lipinski definition) is 1. The van der Waals surface area contributed by atoms with Gasteiger partial charge in [-0.1, -0.05) is 43.3 Å². The number of hydrogen-bond acceptors (Lipinski definition) is 3. The third-order valence-corrected chi connectivity index (χ3v) is 5.38. The molecule has 5 nitrogen and oxygen atoms in total. The lowest BCUT2D eigenvalue weighted by Crippen LogP contribution is -2.50. The zero-order valence-corrected chi connectivity index (χ0v) is 18.9. The molecule has 0 aliphatic heterocycles. The number of nitrogens with one attached hydrogen (secondary N) is 1. The van der Waals surface area contributed by atoms with Gasteiger partial charge in [-0.2, -0.15) is 0 Å². The number of rotatable bonds is 10. The van der Waals surface area contributed by atoms with Gasteiger partial charge in [0, 0.05) is 13.1 Å². The van der Waals surface area contributed by atoms with Crippen molar-refractivity contribution in [1.82, 2.24) is 10.2 Å². The highest BCUT2D eigenvalue weighted by molar-refractivity contribution is 9.10. The molecule has 0 saturated carbocycles.